The molecule has 0 aromatic carbocycles. The van der Waals surface area contributed by atoms with Crippen LogP contribution in [-0.4, -0.2) is 18.6 Å². The smallest absolute Gasteiger partial charge is 0.322 e. The molecule has 0 saturated carbocycles. The summed E-state index contributed by atoms with van der Waals surface area (Å²) in [6.45, 7) is 4.61. The van der Waals surface area contributed by atoms with E-state index in [0.717, 1.165) is 12.8 Å². The van der Waals surface area contributed by atoms with E-state index in [0.29, 0.717) is 13.0 Å². The molecule has 0 aliphatic carbocycles. The molecule has 0 aliphatic rings. The number of carbonyl (C=O) groups excluding carboxylic acids is 1. The third-order valence-corrected chi connectivity index (χ3v) is 2.48. The van der Waals surface area contributed by atoms with Gasteiger partial charge in [-0.1, -0.05) is 46.0 Å². The van der Waals surface area contributed by atoms with Gasteiger partial charge in [0.2, 0.25) is 0 Å². The van der Waals surface area contributed by atoms with Crippen molar-refractivity contribution in [3.8, 4) is 0 Å². The minimum absolute atomic E-state index is 0. The Morgan fingerprint density at radius 2 is 1.69 bits per heavy atom. The molecular weight excluding hydrogens is 226 g/mol. The quantitative estimate of drug-likeness (QED) is 0.506. The van der Waals surface area contributed by atoms with E-state index in [1.807, 2.05) is 6.92 Å². The van der Waals surface area contributed by atoms with Crippen molar-refractivity contribution in [2.24, 2.45) is 5.73 Å². The maximum atomic E-state index is 11.2. The van der Waals surface area contributed by atoms with E-state index in [4.69, 9.17) is 10.5 Å². The summed E-state index contributed by atoms with van der Waals surface area (Å²) in [6.07, 6.45) is 7.86. The van der Waals surface area contributed by atoms with Crippen molar-refractivity contribution in [2.45, 2.75) is 64.8 Å². The predicted molar refractivity (Wildman–Crippen MR) is 69.8 cm³/mol. The standard InChI is InChI=1S/C12H25NO2.ClH/c1-3-5-6-7-8-9-10-15-12(14)11(13)4-2;/h11H,3-10,13H2,1-2H3;1H/t11-;/m0./s1. The van der Waals surface area contributed by atoms with Crippen molar-refractivity contribution >= 4 is 18.4 Å². The number of nitrogens with two attached hydrogens (primary N) is 1. The number of rotatable bonds is 9. The lowest BCUT2D eigenvalue weighted by atomic mass is 10.1. The van der Waals surface area contributed by atoms with Gasteiger partial charge in [-0.25, -0.2) is 0 Å². The van der Waals surface area contributed by atoms with Gasteiger partial charge in [-0.15, -0.1) is 12.4 Å². The molecule has 0 saturated heterocycles. The van der Waals surface area contributed by atoms with Crippen molar-refractivity contribution in [1.82, 2.24) is 0 Å². The van der Waals surface area contributed by atoms with Crippen LogP contribution >= 0.6 is 12.4 Å². The van der Waals surface area contributed by atoms with Gasteiger partial charge < -0.3 is 10.5 Å². The van der Waals surface area contributed by atoms with E-state index in [-0.39, 0.29) is 18.4 Å². The number of hydrogen-bond donors (Lipinski definition) is 1. The molecule has 4 heteroatoms. The van der Waals surface area contributed by atoms with Gasteiger partial charge in [0.15, 0.2) is 0 Å². The van der Waals surface area contributed by atoms with Crippen LogP contribution in [0.15, 0.2) is 0 Å². The highest BCUT2D eigenvalue weighted by molar-refractivity contribution is 5.85. The van der Waals surface area contributed by atoms with Crippen LogP contribution in [0.4, 0.5) is 0 Å². The number of esters is 1. The Morgan fingerprint density at radius 3 is 2.25 bits per heavy atom. The van der Waals surface area contributed by atoms with Gasteiger partial charge in [-0.2, -0.15) is 0 Å². The number of hydrogen-bond acceptors (Lipinski definition) is 3. The normalized spacial score (nSPS) is 11.7. The lowest BCUT2D eigenvalue weighted by Crippen LogP contribution is -2.31. The van der Waals surface area contributed by atoms with Crippen LogP contribution in [0.5, 0.6) is 0 Å². The van der Waals surface area contributed by atoms with Gasteiger partial charge in [0, 0.05) is 0 Å². The topological polar surface area (TPSA) is 52.3 Å². The second-order valence-corrected chi connectivity index (χ2v) is 3.95. The van der Waals surface area contributed by atoms with Crippen molar-refractivity contribution in [2.75, 3.05) is 6.61 Å². The summed E-state index contributed by atoms with van der Waals surface area (Å²) in [5.41, 5.74) is 5.52. The SMILES string of the molecule is CCCCCCCCOC(=O)[C@@H](N)CC.Cl. The van der Waals surface area contributed by atoms with Crippen LogP contribution in [0.1, 0.15) is 58.8 Å². The average molecular weight is 252 g/mol. The highest BCUT2D eigenvalue weighted by atomic mass is 35.5. The number of ether oxygens (including phenoxy) is 1. The molecular formula is C12H26ClNO2. The molecule has 0 amide bonds. The summed E-state index contributed by atoms with van der Waals surface area (Å²) in [4.78, 5) is 11.2. The van der Waals surface area contributed by atoms with Gasteiger partial charge in [-0.3, -0.25) is 4.79 Å². The third kappa shape index (κ3) is 10.2. The van der Waals surface area contributed by atoms with Crippen LogP contribution in [0.2, 0.25) is 0 Å². The Bertz CT molecular complexity index is 165. The summed E-state index contributed by atoms with van der Waals surface area (Å²) >= 11 is 0. The molecule has 0 spiro atoms. The Kier molecular flexibility index (Phi) is 14.5. The average Bonchev–Trinajstić information content (AvgIpc) is 2.26. The molecule has 16 heavy (non-hydrogen) atoms. The Balaban J connectivity index is 0. The zero-order valence-electron chi connectivity index (χ0n) is 10.5. The lowest BCUT2D eigenvalue weighted by Gasteiger charge is -2.08. The minimum atomic E-state index is -0.440. The third-order valence-electron chi connectivity index (χ3n) is 2.48. The van der Waals surface area contributed by atoms with Crippen molar-refractivity contribution in [3.63, 3.8) is 0 Å². The van der Waals surface area contributed by atoms with Crippen LogP contribution in [0.25, 0.3) is 0 Å². The van der Waals surface area contributed by atoms with E-state index in [1.165, 1.54) is 25.7 Å². The first-order valence-corrected chi connectivity index (χ1v) is 6.14. The van der Waals surface area contributed by atoms with Crippen LogP contribution in [0.3, 0.4) is 0 Å². The Hall–Kier alpha value is -0.280. The molecule has 0 aromatic heterocycles. The molecule has 0 radical (unpaired) electrons. The first-order valence-electron chi connectivity index (χ1n) is 6.14. The summed E-state index contributed by atoms with van der Waals surface area (Å²) in [6, 6.07) is -0.440. The van der Waals surface area contributed by atoms with E-state index < -0.39 is 6.04 Å². The molecule has 0 heterocycles. The van der Waals surface area contributed by atoms with E-state index >= 15 is 0 Å². The summed E-state index contributed by atoms with van der Waals surface area (Å²) in [5, 5.41) is 0. The fourth-order valence-corrected chi connectivity index (χ4v) is 1.33. The van der Waals surface area contributed by atoms with E-state index in [1.54, 1.807) is 0 Å². The van der Waals surface area contributed by atoms with Crippen molar-refractivity contribution < 1.29 is 9.53 Å². The van der Waals surface area contributed by atoms with E-state index in [9.17, 15) is 4.79 Å². The van der Waals surface area contributed by atoms with Crippen molar-refractivity contribution in [3.05, 3.63) is 0 Å². The summed E-state index contributed by atoms with van der Waals surface area (Å²) in [7, 11) is 0. The lowest BCUT2D eigenvalue weighted by molar-refractivity contribution is -0.145. The van der Waals surface area contributed by atoms with Gasteiger partial charge in [0.1, 0.15) is 6.04 Å². The maximum absolute atomic E-state index is 11.2. The summed E-state index contributed by atoms with van der Waals surface area (Å²) in [5.74, 6) is -0.258. The maximum Gasteiger partial charge on any atom is 0.322 e. The molecule has 0 fully saturated rings. The van der Waals surface area contributed by atoms with Crippen LogP contribution in [0, 0.1) is 0 Å². The first-order chi connectivity index (χ1) is 7.22. The zero-order valence-corrected chi connectivity index (χ0v) is 11.4. The predicted octanol–water partition coefficient (Wildman–Crippen LogP) is 3.05. The monoisotopic (exact) mass is 251 g/mol. The first kappa shape index (κ1) is 18.1. The largest absolute Gasteiger partial charge is 0.465 e. The molecule has 98 valence electrons. The van der Waals surface area contributed by atoms with Gasteiger partial charge >= 0.3 is 5.97 Å². The highest BCUT2D eigenvalue weighted by Crippen LogP contribution is 2.05. The number of carbonyl (C=O) groups is 1. The Labute approximate surface area is 106 Å². The minimum Gasteiger partial charge on any atom is -0.465 e. The second-order valence-electron chi connectivity index (χ2n) is 3.95. The molecule has 0 unspecified atom stereocenters. The van der Waals surface area contributed by atoms with Crippen molar-refractivity contribution in [1.29, 1.82) is 0 Å². The van der Waals surface area contributed by atoms with Gasteiger partial charge in [0.05, 0.1) is 6.61 Å². The number of unbranched alkanes of at least 4 members (excludes halogenated alkanes) is 5. The molecule has 0 aromatic rings. The second kappa shape index (κ2) is 12.8. The molecule has 3 nitrogen and oxygen atoms in total. The molecule has 0 bridgehead atoms. The van der Waals surface area contributed by atoms with E-state index in [2.05, 4.69) is 6.92 Å². The molecule has 0 rings (SSSR count). The highest BCUT2D eigenvalue weighted by Gasteiger charge is 2.11. The van der Waals surface area contributed by atoms with Crippen LogP contribution in [-0.2, 0) is 9.53 Å². The Morgan fingerprint density at radius 1 is 1.12 bits per heavy atom. The fourth-order valence-electron chi connectivity index (χ4n) is 1.33. The summed E-state index contributed by atoms with van der Waals surface area (Å²) < 4.78 is 5.04. The number of halogens is 1. The van der Waals surface area contributed by atoms with Crippen LogP contribution < -0.4 is 5.73 Å². The van der Waals surface area contributed by atoms with Gasteiger partial charge in [0.25, 0.3) is 0 Å². The molecule has 1 atom stereocenters. The van der Waals surface area contributed by atoms with Gasteiger partial charge in [-0.05, 0) is 12.8 Å². The zero-order chi connectivity index (χ0) is 11.5. The fraction of sp³-hybridized carbons (Fsp3) is 0.917. The molecule has 2 N–H and O–H groups in total. The molecule has 0 aliphatic heterocycles.